The van der Waals surface area contributed by atoms with E-state index in [2.05, 4.69) is 15.9 Å². The molecule has 0 amide bonds. The predicted molar refractivity (Wildman–Crippen MR) is 108 cm³/mol. The fraction of sp³-hybridized carbons (Fsp3) is 0.400. The minimum absolute atomic E-state index is 0.396. The average molecular weight is 457 g/mol. The lowest BCUT2D eigenvalue weighted by atomic mass is 10.0. The van der Waals surface area contributed by atoms with Gasteiger partial charge < -0.3 is 33.5 Å². The SMILES string of the molecule is COc1cc([C@H](O)[C@H](C)Oc2c(OC)cc(Br)cc2OC)cc(OC)c1OC. The Bertz CT molecular complexity index is 759. The van der Waals surface area contributed by atoms with E-state index in [1.807, 2.05) is 0 Å². The molecule has 1 N–H and O–H groups in total. The summed E-state index contributed by atoms with van der Waals surface area (Å²) >= 11 is 3.40. The first kappa shape index (κ1) is 22.0. The second kappa shape index (κ2) is 9.75. The van der Waals surface area contributed by atoms with Gasteiger partial charge in [0.2, 0.25) is 11.5 Å². The average Bonchev–Trinajstić information content (AvgIpc) is 2.72. The highest BCUT2D eigenvalue weighted by Crippen LogP contribution is 2.43. The fourth-order valence-electron chi connectivity index (χ4n) is 2.76. The molecule has 0 aliphatic carbocycles. The maximum atomic E-state index is 10.9. The van der Waals surface area contributed by atoms with Gasteiger partial charge in [0.05, 0.1) is 35.5 Å². The molecule has 2 aromatic carbocycles. The molecule has 0 aliphatic heterocycles. The van der Waals surface area contributed by atoms with Gasteiger partial charge in [0.15, 0.2) is 23.0 Å². The van der Waals surface area contributed by atoms with Crippen LogP contribution < -0.4 is 28.4 Å². The summed E-state index contributed by atoms with van der Waals surface area (Å²) in [5, 5.41) is 10.9. The van der Waals surface area contributed by atoms with Crippen LogP contribution in [0.15, 0.2) is 28.7 Å². The number of benzene rings is 2. The van der Waals surface area contributed by atoms with Gasteiger partial charge in [0.1, 0.15) is 12.2 Å². The summed E-state index contributed by atoms with van der Waals surface area (Å²) in [4.78, 5) is 0. The molecule has 154 valence electrons. The largest absolute Gasteiger partial charge is 0.493 e. The molecule has 0 radical (unpaired) electrons. The Morgan fingerprint density at radius 3 is 1.54 bits per heavy atom. The van der Waals surface area contributed by atoms with Crippen molar-refractivity contribution in [1.82, 2.24) is 0 Å². The summed E-state index contributed by atoms with van der Waals surface area (Å²) in [6.07, 6.45) is -1.61. The van der Waals surface area contributed by atoms with Crippen LogP contribution in [-0.4, -0.2) is 46.8 Å². The Labute approximate surface area is 173 Å². The van der Waals surface area contributed by atoms with Crippen LogP contribution in [0.4, 0.5) is 0 Å². The van der Waals surface area contributed by atoms with Gasteiger partial charge in [-0.1, -0.05) is 15.9 Å². The van der Waals surface area contributed by atoms with Crippen molar-refractivity contribution in [3.05, 3.63) is 34.3 Å². The first-order chi connectivity index (χ1) is 13.4. The van der Waals surface area contributed by atoms with Crippen LogP contribution in [0, 0.1) is 0 Å². The maximum absolute atomic E-state index is 10.9. The van der Waals surface area contributed by atoms with E-state index >= 15 is 0 Å². The van der Waals surface area contributed by atoms with Crippen LogP contribution in [0.3, 0.4) is 0 Å². The van der Waals surface area contributed by atoms with Crippen LogP contribution in [0.2, 0.25) is 0 Å². The maximum Gasteiger partial charge on any atom is 0.203 e. The standard InChI is InChI=1S/C20H25BrO7/c1-11(28-20-16(25-4)9-13(21)10-17(20)26-5)18(22)12-7-14(23-2)19(27-6)15(8-12)24-3/h7-11,18,22H,1-6H3/t11-,18+/m0/s1. The number of aliphatic hydroxyl groups is 1. The van der Waals surface area contributed by atoms with E-state index in [1.54, 1.807) is 31.2 Å². The van der Waals surface area contributed by atoms with Crippen molar-refractivity contribution >= 4 is 15.9 Å². The van der Waals surface area contributed by atoms with E-state index in [1.165, 1.54) is 35.5 Å². The van der Waals surface area contributed by atoms with Gasteiger partial charge in [-0.05, 0) is 36.8 Å². The highest BCUT2D eigenvalue weighted by molar-refractivity contribution is 9.10. The smallest absolute Gasteiger partial charge is 0.203 e. The zero-order valence-electron chi connectivity index (χ0n) is 16.7. The molecule has 0 aliphatic rings. The number of halogens is 1. The Morgan fingerprint density at radius 1 is 0.714 bits per heavy atom. The third-order valence-corrected chi connectivity index (χ3v) is 4.66. The Kier molecular flexibility index (Phi) is 7.65. The first-order valence-electron chi connectivity index (χ1n) is 8.46. The molecule has 2 rings (SSSR count). The summed E-state index contributed by atoms with van der Waals surface area (Å²) in [5.41, 5.74) is 0.553. The number of hydrogen-bond donors (Lipinski definition) is 1. The summed E-state index contributed by atoms with van der Waals surface area (Å²) in [6, 6.07) is 6.89. The van der Waals surface area contributed by atoms with Crippen molar-refractivity contribution < 1.29 is 33.5 Å². The van der Waals surface area contributed by atoms with E-state index in [0.29, 0.717) is 40.1 Å². The van der Waals surface area contributed by atoms with E-state index in [0.717, 1.165) is 4.47 Å². The lowest BCUT2D eigenvalue weighted by Gasteiger charge is -2.24. The van der Waals surface area contributed by atoms with Gasteiger partial charge in [-0.2, -0.15) is 0 Å². The molecule has 0 bridgehead atoms. The van der Waals surface area contributed by atoms with Gasteiger partial charge in [0.25, 0.3) is 0 Å². The van der Waals surface area contributed by atoms with Gasteiger partial charge >= 0.3 is 0 Å². The lowest BCUT2D eigenvalue weighted by molar-refractivity contribution is 0.0431. The number of ether oxygens (including phenoxy) is 6. The molecule has 0 unspecified atom stereocenters. The molecule has 0 aromatic heterocycles. The Hall–Kier alpha value is -2.32. The second-order valence-electron chi connectivity index (χ2n) is 5.87. The minimum Gasteiger partial charge on any atom is -0.493 e. The third kappa shape index (κ3) is 4.56. The lowest BCUT2D eigenvalue weighted by Crippen LogP contribution is -2.22. The van der Waals surface area contributed by atoms with Crippen molar-refractivity contribution in [2.24, 2.45) is 0 Å². The van der Waals surface area contributed by atoms with Gasteiger partial charge in [0, 0.05) is 4.47 Å². The number of hydrogen-bond acceptors (Lipinski definition) is 7. The van der Waals surface area contributed by atoms with Gasteiger partial charge in [-0.15, -0.1) is 0 Å². The summed E-state index contributed by atoms with van der Waals surface area (Å²) in [7, 11) is 7.63. The normalized spacial score (nSPS) is 12.7. The highest BCUT2D eigenvalue weighted by Gasteiger charge is 2.25. The van der Waals surface area contributed by atoms with E-state index in [-0.39, 0.29) is 0 Å². The zero-order valence-corrected chi connectivity index (χ0v) is 18.3. The van der Waals surface area contributed by atoms with Crippen molar-refractivity contribution in [3.8, 4) is 34.5 Å². The van der Waals surface area contributed by atoms with Gasteiger partial charge in [-0.3, -0.25) is 0 Å². The quantitative estimate of drug-likeness (QED) is 0.610. The molecule has 0 fully saturated rings. The van der Waals surface area contributed by atoms with Crippen LogP contribution >= 0.6 is 15.9 Å². The summed E-state index contributed by atoms with van der Waals surface area (Å²) < 4.78 is 33.6. The monoisotopic (exact) mass is 456 g/mol. The van der Waals surface area contributed by atoms with Crippen molar-refractivity contribution in [3.63, 3.8) is 0 Å². The van der Waals surface area contributed by atoms with Crippen molar-refractivity contribution in [1.29, 1.82) is 0 Å². The molecule has 2 aromatic rings. The van der Waals surface area contributed by atoms with Crippen LogP contribution in [0.5, 0.6) is 34.5 Å². The molecule has 28 heavy (non-hydrogen) atoms. The number of rotatable bonds is 9. The van der Waals surface area contributed by atoms with E-state index in [9.17, 15) is 5.11 Å². The molecule has 0 saturated heterocycles. The topological polar surface area (TPSA) is 75.6 Å². The second-order valence-corrected chi connectivity index (χ2v) is 6.78. The predicted octanol–water partition coefficient (Wildman–Crippen LogP) is 3.99. The fourth-order valence-corrected chi connectivity index (χ4v) is 3.17. The molecular weight excluding hydrogens is 432 g/mol. The zero-order chi connectivity index (χ0) is 20.8. The summed E-state index contributed by atoms with van der Waals surface area (Å²) in [6.45, 7) is 1.74. The molecule has 2 atom stereocenters. The van der Waals surface area contributed by atoms with Gasteiger partial charge in [-0.25, -0.2) is 0 Å². The molecule has 7 nitrogen and oxygen atoms in total. The number of aliphatic hydroxyl groups excluding tert-OH is 1. The molecule has 8 heteroatoms. The third-order valence-electron chi connectivity index (χ3n) is 4.20. The van der Waals surface area contributed by atoms with Crippen LogP contribution in [-0.2, 0) is 0 Å². The molecule has 0 spiro atoms. The van der Waals surface area contributed by atoms with E-state index in [4.69, 9.17) is 28.4 Å². The van der Waals surface area contributed by atoms with Crippen LogP contribution in [0.1, 0.15) is 18.6 Å². The first-order valence-corrected chi connectivity index (χ1v) is 9.25. The Morgan fingerprint density at radius 2 is 1.14 bits per heavy atom. The molecule has 0 saturated carbocycles. The highest BCUT2D eigenvalue weighted by atomic mass is 79.9. The Balaban J connectivity index is 2.37. The molecule has 0 heterocycles. The van der Waals surface area contributed by atoms with Crippen molar-refractivity contribution in [2.75, 3.05) is 35.5 Å². The summed E-state index contributed by atoms with van der Waals surface area (Å²) in [5.74, 6) is 2.70. The molecular formula is C20H25BrO7. The van der Waals surface area contributed by atoms with Crippen molar-refractivity contribution in [2.45, 2.75) is 19.1 Å². The van der Waals surface area contributed by atoms with Crippen LogP contribution in [0.25, 0.3) is 0 Å². The van der Waals surface area contributed by atoms with E-state index < -0.39 is 12.2 Å². The number of methoxy groups -OCH3 is 5. The minimum atomic E-state index is -0.980.